The number of carbonyl (C=O) groups excluding carboxylic acids is 2. The Kier molecular flexibility index (Phi) is 5.76. The Hall–Kier alpha value is -3.99. The van der Waals surface area contributed by atoms with E-state index in [4.69, 9.17) is 0 Å². The van der Waals surface area contributed by atoms with Gasteiger partial charge in [0.05, 0.1) is 24.0 Å². The fraction of sp³-hybridized carbons (Fsp3) is 0.115. The highest BCUT2D eigenvalue weighted by Gasteiger charge is 2.18. The summed E-state index contributed by atoms with van der Waals surface area (Å²) in [5, 5.41) is 7.21. The number of amides is 1. The molecule has 0 fully saturated rings. The third-order valence-electron chi connectivity index (χ3n) is 5.21. The molecule has 1 N–H and O–H groups in total. The van der Waals surface area contributed by atoms with Crippen molar-refractivity contribution in [2.45, 2.75) is 20.4 Å². The summed E-state index contributed by atoms with van der Waals surface area (Å²) in [6, 6.07) is 22.3. The van der Waals surface area contributed by atoms with Crippen LogP contribution in [-0.4, -0.2) is 21.5 Å². The zero-order valence-electron chi connectivity index (χ0n) is 17.5. The zero-order valence-corrected chi connectivity index (χ0v) is 17.5. The van der Waals surface area contributed by atoms with Crippen LogP contribution in [0.3, 0.4) is 0 Å². The number of nitrogens with zero attached hydrogens (tertiary/aromatic N) is 2. The summed E-state index contributed by atoms with van der Waals surface area (Å²) in [4.78, 5) is 25.9. The normalized spacial score (nSPS) is 10.6. The van der Waals surface area contributed by atoms with Crippen molar-refractivity contribution in [2.75, 3.05) is 5.32 Å². The summed E-state index contributed by atoms with van der Waals surface area (Å²) < 4.78 is 1.78. The minimum Gasteiger partial charge on any atom is -0.319 e. The highest BCUT2D eigenvalue weighted by atomic mass is 16.2. The Morgan fingerprint density at radius 2 is 1.55 bits per heavy atom. The van der Waals surface area contributed by atoms with Gasteiger partial charge in [0.2, 0.25) is 0 Å². The van der Waals surface area contributed by atoms with Crippen LogP contribution in [0, 0.1) is 13.8 Å². The highest BCUT2D eigenvalue weighted by molar-refractivity contribution is 6.17. The summed E-state index contributed by atoms with van der Waals surface area (Å²) >= 11 is 0. The number of nitrogens with one attached hydrogen (secondary N) is 1. The van der Waals surface area contributed by atoms with Crippen LogP contribution in [-0.2, 0) is 6.54 Å². The molecule has 4 aromatic rings. The maximum absolute atomic E-state index is 13.0. The first-order valence-electron chi connectivity index (χ1n) is 10.1. The molecule has 0 saturated carbocycles. The van der Waals surface area contributed by atoms with Gasteiger partial charge in [-0.3, -0.25) is 14.3 Å². The number of hydrogen-bond donors (Lipinski definition) is 1. The van der Waals surface area contributed by atoms with E-state index in [1.807, 2.05) is 31.2 Å². The Bertz CT molecular complexity index is 1240. The van der Waals surface area contributed by atoms with Gasteiger partial charge in [0.25, 0.3) is 5.91 Å². The van der Waals surface area contributed by atoms with Gasteiger partial charge in [0.1, 0.15) is 0 Å². The van der Waals surface area contributed by atoms with Crippen molar-refractivity contribution < 1.29 is 9.59 Å². The molecule has 3 aromatic carbocycles. The number of ketones is 1. The molecule has 0 aliphatic rings. The SMILES string of the molecule is Cc1ccc(C(=O)c2ccccc2C(=O)Nc2cnn(Cc3ccccc3C)c2)cc1. The van der Waals surface area contributed by atoms with Crippen molar-refractivity contribution in [2.24, 2.45) is 0 Å². The number of carbonyl (C=O) groups is 2. The topological polar surface area (TPSA) is 64.0 Å². The van der Waals surface area contributed by atoms with E-state index in [9.17, 15) is 9.59 Å². The van der Waals surface area contributed by atoms with Gasteiger partial charge < -0.3 is 5.32 Å². The number of aromatic nitrogens is 2. The fourth-order valence-corrected chi connectivity index (χ4v) is 3.41. The first-order chi connectivity index (χ1) is 15.0. The molecule has 0 unspecified atom stereocenters. The number of benzene rings is 3. The van der Waals surface area contributed by atoms with Gasteiger partial charge in [-0.1, -0.05) is 72.3 Å². The third kappa shape index (κ3) is 4.61. The van der Waals surface area contributed by atoms with Crippen LogP contribution in [0.5, 0.6) is 0 Å². The van der Waals surface area contributed by atoms with Crippen LogP contribution in [0.25, 0.3) is 0 Å². The molecule has 0 saturated heterocycles. The van der Waals surface area contributed by atoms with Crippen molar-refractivity contribution in [3.8, 4) is 0 Å². The van der Waals surface area contributed by atoms with Gasteiger partial charge >= 0.3 is 0 Å². The molecule has 0 aliphatic heterocycles. The number of aryl methyl sites for hydroxylation is 2. The van der Waals surface area contributed by atoms with Crippen LogP contribution < -0.4 is 5.32 Å². The lowest BCUT2D eigenvalue weighted by Gasteiger charge is -2.09. The monoisotopic (exact) mass is 409 g/mol. The second-order valence-electron chi connectivity index (χ2n) is 7.55. The maximum atomic E-state index is 13.0. The Labute approximate surface area is 181 Å². The molecule has 0 atom stereocenters. The van der Waals surface area contributed by atoms with Gasteiger partial charge in [-0.05, 0) is 31.0 Å². The molecule has 31 heavy (non-hydrogen) atoms. The zero-order chi connectivity index (χ0) is 21.8. The maximum Gasteiger partial charge on any atom is 0.256 e. The van der Waals surface area contributed by atoms with Crippen LogP contribution >= 0.6 is 0 Å². The predicted octanol–water partition coefficient (Wildman–Crippen LogP) is 5.03. The molecule has 5 heteroatoms. The molecule has 0 radical (unpaired) electrons. The lowest BCUT2D eigenvalue weighted by molar-refractivity contribution is 0.0996. The molecular weight excluding hydrogens is 386 g/mol. The second kappa shape index (κ2) is 8.79. The van der Waals surface area contributed by atoms with Crippen molar-refractivity contribution in [3.63, 3.8) is 0 Å². The minimum absolute atomic E-state index is 0.180. The highest BCUT2D eigenvalue weighted by Crippen LogP contribution is 2.18. The van der Waals surface area contributed by atoms with E-state index in [1.165, 1.54) is 5.56 Å². The lowest BCUT2D eigenvalue weighted by atomic mass is 9.97. The van der Waals surface area contributed by atoms with E-state index < -0.39 is 0 Å². The molecule has 0 bridgehead atoms. The summed E-state index contributed by atoms with van der Waals surface area (Å²) in [6.45, 7) is 4.64. The van der Waals surface area contributed by atoms with Gasteiger partial charge in [0, 0.05) is 17.3 Å². The lowest BCUT2D eigenvalue weighted by Crippen LogP contribution is -2.16. The van der Waals surface area contributed by atoms with E-state index in [0.717, 1.165) is 11.1 Å². The van der Waals surface area contributed by atoms with Crippen LogP contribution in [0.2, 0.25) is 0 Å². The first-order valence-corrected chi connectivity index (χ1v) is 10.1. The summed E-state index contributed by atoms with van der Waals surface area (Å²) in [7, 11) is 0. The molecular formula is C26H23N3O2. The Morgan fingerprint density at radius 3 is 2.29 bits per heavy atom. The Balaban J connectivity index is 1.52. The van der Waals surface area contributed by atoms with Gasteiger partial charge in [-0.25, -0.2) is 0 Å². The largest absolute Gasteiger partial charge is 0.319 e. The number of hydrogen-bond acceptors (Lipinski definition) is 3. The molecule has 1 heterocycles. The molecule has 154 valence electrons. The second-order valence-corrected chi connectivity index (χ2v) is 7.55. The smallest absolute Gasteiger partial charge is 0.256 e. The van der Waals surface area contributed by atoms with Crippen molar-refractivity contribution in [1.29, 1.82) is 0 Å². The average molecular weight is 409 g/mol. The summed E-state index contributed by atoms with van der Waals surface area (Å²) in [5.41, 5.74) is 5.26. The minimum atomic E-state index is -0.341. The standard InChI is InChI=1S/C26H23N3O2/c1-18-11-13-20(14-12-18)25(30)23-9-5-6-10-24(23)26(31)28-22-15-27-29(17-22)16-21-8-4-3-7-19(21)2/h3-15,17H,16H2,1-2H3,(H,28,31). The molecule has 1 amide bonds. The van der Waals surface area contributed by atoms with Crippen LogP contribution in [0.4, 0.5) is 5.69 Å². The number of anilines is 1. The van der Waals surface area contributed by atoms with Gasteiger partial charge in [-0.15, -0.1) is 0 Å². The van der Waals surface area contributed by atoms with Crippen LogP contribution in [0.1, 0.15) is 43.0 Å². The third-order valence-corrected chi connectivity index (χ3v) is 5.21. The van der Waals surface area contributed by atoms with Crippen molar-refractivity contribution >= 4 is 17.4 Å². The van der Waals surface area contributed by atoms with Gasteiger partial charge in [-0.2, -0.15) is 5.10 Å². The van der Waals surface area contributed by atoms with E-state index >= 15 is 0 Å². The van der Waals surface area contributed by atoms with Crippen LogP contribution in [0.15, 0.2) is 85.2 Å². The first kappa shape index (κ1) is 20.3. The van der Waals surface area contributed by atoms with Gasteiger partial charge in [0.15, 0.2) is 5.78 Å². The fourth-order valence-electron chi connectivity index (χ4n) is 3.41. The van der Waals surface area contributed by atoms with E-state index in [2.05, 4.69) is 29.5 Å². The van der Waals surface area contributed by atoms with E-state index in [-0.39, 0.29) is 11.7 Å². The quantitative estimate of drug-likeness (QED) is 0.454. The Morgan fingerprint density at radius 1 is 0.871 bits per heavy atom. The molecule has 1 aromatic heterocycles. The molecule has 0 aliphatic carbocycles. The van der Waals surface area contributed by atoms with E-state index in [1.54, 1.807) is 53.5 Å². The predicted molar refractivity (Wildman–Crippen MR) is 122 cm³/mol. The summed E-state index contributed by atoms with van der Waals surface area (Å²) in [6.07, 6.45) is 3.40. The van der Waals surface area contributed by atoms with E-state index in [0.29, 0.717) is 28.9 Å². The molecule has 0 spiro atoms. The van der Waals surface area contributed by atoms with Crippen molar-refractivity contribution in [3.05, 3.63) is 119 Å². The average Bonchev–Trinajstić information content (AvgIpc) is 3.22. The molecule has 5 nitrogen and oxygen atoms in total. The summed E-state index contributed by atoms with van der Waals surface area (Å²) in [5.74, 6) is -0.521. The van der Waals surface area contributed by atoms with Crippen molar-refractivity contribution in [1.82, 2.24) is 9.78 Å². The molecule has 4 rings (SSSR count). The number of rotatable bonds is 6.